The number of aliphatic hydroxyl groups excluding tert-OH is 1. The fourth-order valence-corrected chi connectivity index (χ4v) is 2.22. The maximum Gasteiger partial charge on any atom is 0.273 e. The van der Waals surface area contributed by atoms with Gasteiger partial charge in [0.25, 0.3) is 5.69 Å². The Labute approximate surface area is 105 Å². The molecule has 2 rings (SSSR count). The summed E-state index contributed by atoms with van der Waals surface area (Å²) in [4.78, 5) is 12.4. The Kier molecular flexibility index (Phi) is 3.66. The van der Waals surface area contributed by atoms with E-state index >= 15 is 0 Å². The molecule has 0 radical (unpaired) electrons. The lowest BCUT2D eigenvalue weighted by molar-refractivity contribution is -0.384. The van der Waals surface area contributed by atoms with E-state index in [4.69, 9.17) is 10.8 Å². The number of nitrogens with two attached hydrogens (primary N) is 1. The summed E-state index contributed by atoms with van der Waals surface area (Å²) in [7, 11) is 0. The van der Waals surface area contributed by atoms with Crippen LogP contribution in [0.25, 0.3) is 0 Å². The third kappa shape index (κ3) is 2.53. The van der Waals surface area contributed by atoms with Gasteiger partial charge in [-0.2, -0.15) is 0 Å². The summed E-state index contributed by atoms with van der Waals surface area (Å²) in [6.07, 6.45) is 3.28. The van der Waals surface area contributed by atoms with Gasteiger partial charge < -0.3 is 15.7 Å². The van der Waals surface area contributed by atoms with E-state index in [9.17, 15) is 10.1 Å². The van der Waals surface area contributed by atoms with Gasteiger partial charge in [-0.1, -0.05) is 0 Å². The number of aliphatic hydroxyl groups is 1. The molecule has 0 unspecified atom stereocenters. The van der Waals surface area contributed by atoms with Gasteiger partial charge in [-0.15, -0.1) is 0 Å². The number of benzene rings is 1. The maximum atomic E-state index is 10.8. The fraction of sp³-hybridized carbons (Fsp3) is 0.500. The van der Waals surface area contributed by atoms with E-state index in [1.165, 1.54) is 12.1 Å². The van der Waals surface area contributed by atoms with Gasteiger partial charge in [-0.25, -0.2) is 0 Å². The fourth-order valence-electron chi connectivity index (χ4n) is 2.22. The van der Waals surface area contributed by atoms with Crippen molar-refractivity contribution in [3.63, 3.8) is 0 Å². The van der Waals surface area contributed by atoms with Crippen molar-refractivity contribution in [3.8, 4) is 0 Å². The molecule has 0 bridgehead atoms. The van der Waals surface area contributed by atoms with E-state index in [1.54, 1.807) is 6.07 Å². The lowest BCUT2D eigenvalue weighted by atomic mass is 9.91. The molecule has 1 fully saturated rings. The molecule has 1 aliphatic carbocycles. The van der Waals surface area contributed by atoms with Crippen LogP contribution in [0.2, 0.25) is 0 Å². The lowest BCUT2D eigenvalue weighted by Gasteiger charge is -2.39. The maximum absolute atomic E-state index is 10.8. The average Bonchev–Trinajstić information content (AvgIpc) is 2.25. The Bertz CT molecular complexity index is 446. The van der Waals surface area contributed by atoms with Gasteiger partial charge in [-0.3, -0.25) is 10.1 Å². The van der Waals surface area contributed by atoms with Crippen molar-refractivity contribution >= 4 is 17.1 Å². The van der Waals surface area contributed by atoms with Crippen LogP contribution in [0.5, 0.6) is 0 Å². The SMILES string of the molecule is Nc1cc(N(CCO)C2CCC2)cc([N+](=O)[O-])c1. The molecule has 6 nitrogen and oxygen atoms in total. The molecule has 0 heterocycles. The molecule has 0 atom stereocenters. The number of hydrogen-bond acceptors (Lipinski definition) is 5. The van der Waals surface area contributed by atoms with Gasteiger partial charge in [0.1, 0.15) is 0 Å². The molecule has 0 amide bonds. The molecule has 0 saturated heterocycles. The Hall–Kier alpha value is -1.82. The zero-order valence-electron chi connectivity index (χ0n) is 10.1. The topological polar surface area (TPSA) is 92.6 Å². The summed E-state index contributed by atoms with van der Waals surface area (Å²) in [5.41, 5.74) is 6.79. The highest BCUT2D eigenvalue weighted by Crippen LogP contribution is 2.32. The predicted octanol–water partition coefficient (Wildman–Crippen LogP) is 1.53. The zero-order chi connectivity index (χ0) is 13.1. The summed E-state index contributed by atoms with van der Waals surface area (Å²) in [5, 5.41) is 19.9. The van der Waals surface area contributed by atoms with E-state index in [0.717, 1.165) is 24.9 Å². The normalized spacial score (nSPS) is 15.2. The van der Waals surface area contributed by atoms with Gasteiger partial charge in [0.05, 0.1) is 11.5 Å². The summed E-state index contributed by atoms with van der Waals surface area (Å²) < 4.78 is 0. The number of rotatable bonds is 5. The van der Waals surface area contributed by atoms with Crippen LogP contribution in [0.1, 0.15) is 19.3 Å². The number of hydrogen-bond donors (Lipinski definition) is 2. The highest BCUT2D eigenvalue weighted by atomic mass is 16.6. The Morgan fingerprint density at radius 2 is 2.17 bits per heavy atom. The third-order valence-corrected chi connectivity index (χ3v) is 3.32. The minimum absolute atomic E-state index is 0.00716. The first-order chi connectivity index (χ1) is 8.61. The molecule has 0 aliphatic heterocycles. The van der Waals surface area contributed by atoms with Gasteiger partial charge in [0.15, 0.2) is 0 Å². The first-order valence-electron chi connectivity index (χ1n) is 6.04. The molecule has 18 heavy (non-hydrogen) atoms. The van der Waals surface area contributed by atoms with Crippen LogP contribution in [0.15, 0.2) is 18.2 Å². The molecule has 3 N–H and O–H groups in total. The summed E-state index contributed by atoms with van der Waals surface area (Å²) in [6.45, 7) is 0.504. The van der Waals surface area contributed by atoms with Crippen molar-refractivity contribution in [2.45, 2.75) is 25.3 Å². The van der Waals surface area contributed by atoms with Crippen LogP contribution in [0, 0.1) is 10.1 Å². The van der Waals surface area contributed by atoms with Gasteiger partial charge in [0.2, 0.25) is 0 Å². The Morgan fingerprint density at radius 3 is 2.67 bits per heavy atom. The van der Waals surface area contributed by atoms with Crippen LogP contribution < -0.4 is 10.6 Å². The van der Waals surface area contributed by atoms with E-state index in [2.05, 4.69) is 0 Å². The van der Waals surface area contributed by atoms with Crippen LogP contribution in [-0.4, -0.2) is 29.2 Å². The van der Waals surface area contributed by atoms with Gasteiger partial charge in [0, 0.05) is 36.1 Å². The molecular formula is C12H17N3O3. The predicted molar refractivity (Wildman–Crippen MR) is 69.6 cm³/mol. The van der Waals surface area contributed by atoms with Crippen LogP contribution in [-0.2, 0) is 0 Å². The van der Waals surface area contributed by atoms with Crippen molar-refractivity contribution in [2.75, 3.05) is 23.8 Å². The number of non-ortho nitro benzene ring substituents is 1. The molecule has 98 valence electrons. The molecule has 1 aromatic carbocycles. The molecule has 0 aromatic heterocycles. The smallest absolute Gasteiger partial charge is 0.273 e. The first kappa shape index (κ1) is 12.6. The van der Waals surface area contributed by atoms with Crippen LogP contribution >= 0.6 is 0 Å². The minimum atomic E-state index is -0.447. The number of nitrogen functional groups attached to an aromatic ring is 1. The van der Waals surface area contributed by atoms with Crippen molar-refractivity contribution in [1.82, 2.24) is 0 Å². The third-order valence-electron chi connectivity index (χ3n) is 3.32. The lowest BCUT2D eigenvalue weighted by Crippen LogP contribution is -2.42. The van der Waals surface area contributed by atoms with Gasteiger partial charge in [-0.05, 0) is 25.3 Å². The number of nitro benzene ring substituents is 1. The van der Waals surface area contributed by atoms with Gasteiger partial charge >= 0.3 is 0 Å². The standard InChI is InChI=1S/C12H17N3O3/c13-9-6-11(8-12(7-9)15(17)18)14(4-5-16)10-2-1-3-10/h6-8,10,16H,1-5,13H2. The zero-order valence-corrected chi connectivity index (χ0v) is 10.1. The van der Waals surface area contributed by atoms with Crippen molar-refractivity contribution in [2.24, 2.45) is 0 Å². The molecule has 1 aliphatic rings. The second kappa shape index (κ2) is 5.22. The highest BCUT2D eigenvalue weighted by molar-refractivity contribution is 5.63. The summed E-state index contributed by atoms with van der Waals surface area (Å²) in [5.74, 6) is 0. The Morgan fingerprint density at radius 1 is 1.44 bits per heavy atom. The van der Waals surface area contributed by atoms with E-state index in [0.29, 0.717) is 18.3 Å². The largest absolute Gasteiger partial charge is 0.398 e. The van der Waals surface area contributed by atoms with Crippen molar-refractivity contribution in [1.29, 1.82) is 0 Å². The summed E-state index contributed by atoms with van der Waals surface area (Å²) >= 11 is 0. The second-order valence-corrected chi connectivity index (χ2v) is 4.54. The van der Waals surface area contributed by atoms with E-state index < -0.39 is 4.92 Å². The second-order valence-electron chi connectivity index (χ2n) is 4.54. The highest BCUT2D eigenvalue weighted by Gasteiger charge is 2.26. The number of anilines is 2. The minimum Gasteiger partial charge on any atom is -0.398 e. The number of nitro groups is 1. The Balaban J connectivity index is 2.30. The van der Waals surface area contributed by atoms with E-state index in [1.807, 2.05) is 4.90 Å². The molecule has 0 spiro atoms. The first-order valence-corrected chi connectivity index (χ1v) is 6.04. The van der Waals surface area contributed by atoms with Crippen molar-refractivity contribution in [3.05, 3.63) is 28.3 Å². The quantitative estimate of drug-likeness (QED) is 0.470. The molecule has 1 saturated carbocycles. The monoisotopic (exact) mass is 251 g/mol. The summed E-state index contributed by atoms with van der Waals surface area (Å²) in [6, 6.07) is 4.95. The van der Waals surface area contributed by atoms with Crippen molar-refractivity contribution < 1.29 is 10.0 Å². The molecule has 1 aromatic rings. The van der Waals surface area contributed by atoms with Crippen LogP contribution in [0.4, 0.5) is 17.1 Å². The molecular weight excluding hydrogens is 234 g/mol. The van der Waals surface area contributed by atoms with Crippen LogP contribution in [0.3, 0.4) is 0 Å². The number of nitrogens with zero attached hydrogens (tertiary/aromatic N) is 2. The molecule has 6 heteroatoms. The van der Waals surface area contributed by atoms with E-state index in [-0.39, 0.29) is 12.3 Å². The average molecular weight is 251 g/mol.